The Morgan fingerprint density at radius 1 is 1.53 bits per heavy atom. The van der Waals surface area contributed by atoms with E-state index < -0.39 is 11.7 Å². The molecule has 15 heavy (non-hydrogen) atoms. The summed E-state index contributed by atoms with van der Waals surface area (Å²) in [4.78, 5) is 11.1. The highest BCUT2D eigenvalue weighted by molar-refractivity contribution is 5.99. The molecule has 4 nitrogen and oxygen atoms in total. The number of fused-ring (bicyclic) bond motifs is 1. The van der Waals surface area contributed by atoms with E-state index in [9.17, 15) is 9.18 Å². The van der Waals surface area contributed by atoms with Crippen molar-refractivity contribution in [2.24, 2.45) is 5.73 Å². The second kappa shape index (κ2) is 3.27. The van der Waals surface area contributed by atoms with Gasteiger partial charge in [0.05, 0.1) is 17.1 Å². The normalized spacial score (nSPS) is 13.8. The number of primary amides is 1. The first kappa shape index (κ1) is 9.51. The van der Waals surface area contributed by atoms with Crippen molar-refractivity contribution in [1.82, 2.24) is 5.32 Å². The molecule has 0 fully saturated rings. The largest absolute Gasteiger partial charge is 0.368 e. The zero-order chi connectivity index (χ0) is 11.0. The van der Waals surface area contributed by atoms with E-state index in [2.05, 4.69) is 17.2 Å². The van der Waals surface area contributed by atoms with Gasteiger partial charge in [-0.15, -0.1) is 0 Å². The van der Waals surface area contributed by atoms with E-state index in [1.807, 2.05) is 0 Å². The lowest BCUT2D eigenvalue weighted by atomic mass is 10.0. The van der Waals surface area contributed by atoms with Crippen LogP contribution in [-0.2, 0) is 6.54 Å². The summed E-state index contributed by atoms with van der Waals surface area (Å²) in [6.07, 6.45) is 0. The van der Waals surface area contributed by atoms with Crippen LogP contribution < -0.4 is 16.4 Å². The van der Waals surface area contributed by atoms with Crippen LogP contribution in [0.5, 0.6) is 0 Å². The second-order valence-electron chi connectivity index (χ2n) is 3.31. The first-order chi connectivity index (χ1) is 7.08. The molecule has 1 aromatic carbocycles. The van der Waals surface area contributed by atoms with Crippen molar-refractivity contribution in [3.63, 3.8) is 0 Å². The minimum atomic E-state index is -0.659. The molecule has 1 aromatic rings. The average molecular weight is 207 g/mol. The molecule has 0 unspecified atom stereocenters. The van der Waals surface area contributed by atoms with Crippen LogP contribution in [0.25, 0.3) is 0 Å². The van der Waals surface area contributed by atoms with Crippen LogP contribution in [0.15, 0.2) is 24.5 Å². The maximum atomic E-state index is 13.1. The first-order valence-electron chi connectivity index (χ1n) is 4.40. The van der Waals surface area contributed by atoms with Crippen LogP contribution in [0.2, 0.25) is 0 Å². The SMILES string of the molecule is C=C1NCc2cc(F)cc(C(N)=O)c2N1. The Bertz CT molecular complexity index is 456. The minimum absolute atomic E-state index is 0.146. The Morgan fingerprint density at radius 3 is 2.93 bits per heavy atom. The molecule has 1 aliphatic rings. The molecule has 0 atom stereocenters. The van der Waals surface area contributed by atoms with Gasteiger partial charge in [0.25, 0.3) is 5.91 Å². The summed E-state index contributed by atoms with van der Waals surface area (Å²) >= 11 is 0. The van der Waals surface area contributed by atoms with Crippen molar-refractivity contribution >= 4 is 11.6 Å². The highest BCUT2D eigenvalue weighted by Crippen LogP contribution is 2.26. The van der Waals surface area contributed by atoms with E-state index in [-0.39, 0.29) is 5.56 Å². The summed E-state index contributed by atoms with van der Waals surface area (Å²) in [5.74, 6) is -0.566. The minimum Gasteiger partial charge on any atom is -0.368 e. The summed E-state index contributed by atoms with van der Waals surface area (Å²) in [6.45, 7) is 4.10. The van der Waals surface area contributed by atoms with Crippen molar-refractivity contribution < 1.29 is 9.18 Å². The van der Waals surface area contributed by atoms with Crippen LogP contribution in [0.1, 0.15) is 15.9 Å². The summed E-state index contributed by atoms with van der Waals surface area (Å²) < 4.78 is 13.1. The average Bonchev–Trinajstić information content (AvgIpc) is 2.17. The Kier molecular flexibility index (Phi) is 2.07. The number of carbonyl (C=O) groups is 1. The van der Waals surface area contributed by atoms with Gasteiger partial charge in [-0.3, -0.25) is 4.79 Å². The third-order valence-corrected chi connectivity index (χ3v) is 2.22. The quantitative estimate of drug-likeness (QED) is 0.641. The number of benzene rings is 1. The molecule has 5 heteroatoms. The number of halogens is 1. The summed E-state index contributed by atoms with van der Waals surface area (Å²) in [6, 6.07) is 2.47. The van der Waals surface area contributed by atoms with Gasteiger partial charge >= 0.3 is 0 Å². The lowest BCUT2D eigenvalue weighted by molar-refractivity contribution is 0.100. The molecule has 0 spiro atoms. The van der Waals surface area contributed by atoms with Crippen molar-refractivity contribution in [3.05, 3.63) is 41.5 Å². The van der Waals surface area contributed by atoms with E-state index in [1.54, 1.807) is 0 Å². The number of hydrogen-bond acceptors (Lipinski definition) is 3. The molecule has 1 heterocycles. The molecule has 1 amide bonds. The Labute approximate surface area is 86.0 Å². The molecule has 0 aliphatic carbocycles. The number of anilines is 1. The van der Waals surface area contributed by atoms with Gasteiger partial charge in [0.15, 0.2) is 0 Å². The van der Waals surface area contributed by atoms with Crippen LogP contribution in [0.4, 0.5) is 10.1 Å². The van der Waals surface area contributed by atoms with E-state index in [0.29, 0.717) is 23.6 Å². The summed E-state index contributed by atoms with van der Waals surface area (Å²) in [5, 5.41) is 5.77. The number of carbonyl (C=O) groups excluding carboxylic acids is 1. The summed E-state index contributed by atoms with van der Waals surface area (Å²) in [5.41, 5.74) is 6.50. The molecule has 1 aliphatic heterocycles. The van der Waals surface area contributed by atoms with Crippen molar-refractivity contribution in [3.8, 4) is 0 Å². The Hall–Kier alpha value is -2.04. The van der Waals surface area contributed by atoms with Gasteiger partial charge in [0, 0.05) is 6.54 Å². The standard InChI is InChI=1S/C10H10FN3O/c1-5-13-4-6-2-7(11)3-8(10(12)15)9(6)14-5/h2-3,13-14H,1,4H2,(H2,12,15). The van der Waals surface area contributed by atoms with Gasteiger partial charge in [-0.25, -0.2) is 4.39 Å². The Balaban J connectivity index is 2.60. The van der Waals surface area contributed by atoms with E-state index in [1.165, 1.54) is 6.07 Å². The summed E-state index contributed by atoms with van der Waals surface area (Å²) in [7, 11) is 0. The van der Waals surface area contributed by atoms with Gasteiger partial charge in [-0.05, 0) is 17.7 Å². The molecule has 2 rings (SSSR count). The highest BCUT2D eigenvalue weighted by Gasteiger charge is 2.18. The topological polar surface area (TPSA) is 67.1 Å². The van der Waals surface area contributed by atoms with E-state index in [0.717, 1.165) is 6.07 Å². The molecule has 0 aromatic heterocycles. The van der Waals surface area contributed by atoms with Crippen LogP contribution >= 0.6 is 0 Å². The maximum absolute atomic E-state index is 13.1. The van der Waals surface area contributed by atoms with Crippen LogP contribution in [0.3, 0.4) is 0 Å². The van der Waals surface area contributed by atoms with Crippen LogP contribution in [-0.4, -0.2) is 5.91 Å². The molecule has 0 radical (unpaired) electrons. The zero-order valence-corrected chi connectivity index (χ0v) is 7.93. The molecule has 0 saturated carbocycles. The van der Waals surface area contributed by atoms with Gasteiger partial charge in [-0.2, -0.15) is 0 Å². The predicted molar refractivity (Wildman–Crippen MR) is 54.5 cm³/mol. The number of hydrogen-bond donors (Lipinski definition) is 3. The van der Waals surface area contributed by atoms with E-state index >= 15 is 0 Å². The van der Waals surface area contributed by atoms with Gasteiger partial charge in [0.1, 0.15) is 5.82 Å². The fourth-order valence-corrected chi connectivity index (χ4v) is 1.54. The van der Waals surface area contributed by atoms with Gasteiger partial charge in [0.2, 0.25) is 0 Å². The Morgan fingerprint density at radius 2 is 2.27 bits per heavy atom. The van der Waals surface area contributed by atoms with Crippen molar-refractivity contribution in [2.75, 3.05) is 5.32 Å². The van der Waals surface area contributed by atoms with Gasteiger partial charge in [-0.1, -0.05) is 6.58 Å². The fraction of sp³-hybridized carbons (Fsp3) is 0.100. The fourth-order valence-electron chi connectivity index (χ4n) is 1.54. The smallest absolute Gasteiger partial charge is 0.250 e. The molecule has 4 N–H and O–H groups in total. The predicted octanol–water partition coefficient (Wildman–Crippen LogP) is 0.911. The van der Waals surface area contributed by atoms with Crippen molar-refractivity contribution in [2.45, 2.75) is 6.54 Å². The number of rotatable bonds is 1. The third-order valence-electron chi connectivity index (χ3n) is 2.22. The highest BCUT2D eigenvalue weighted by atomic mass is 19.1. The lowest BCUT2D eigenvalue weighted by Gasteiger charge is -2.23. The molecular formula is C10H10FN3O. The number of amides is 1. The molecule has 78 valence electrons. The number of nitrogens with two attached hydrogens (primary N) is 1. The van der Waals surface area contributed by atoms with Crippen molar-refractivity contribution in [1.29, 1.82) is 0 Å². The monoisotopic (exact) mass is 207 g/mol. The number of nitrogens with one attached hydrogen (secondary N) is 2. The van der Waals surface area contributed by atoms with Gasteiger partial charge < -0.3 is 16.4 Å². The second-order valence-corrected chi connectivity index (χ2v) is 3.31. The molecular weight excluding hydrogens is 197 g/mol. The zero-order valence-electron chi connectivity index (χ0n) is 7.93. The van der Waals surface area contributed by atoms with E-state index in [4.69, 9.17) is 5.73 Å². The molecule has 0 bridgehead atoms. The third kappa shape index (κ3) is 1.63. The first-order valence-corrected chi connectivity index (χ1v) is 4.40. The maximum Gasteiger partial charge on any atom is 0.250 e. The van der Waals surface area contributed by atoms with Crippen LogP contribution in [0, 0.1) is 5.82 Å². The lowest BCUT2D eigenvalue weighted by Crippen LogP contribution is -2.27. The molecule has 0 saturated heterocycles.